The minimum Gasteiger partial charge on any atom is -0.390 e. The maximum atomic E-state index is 13.9. The first-order chi connectivity index (χ1) is 19.2. The first-order valence-corrected chi connectivity index (χ1v) is 13.7. The van der Waals surface area contributed by atoms with Crippen molar-refractivity contribution in [3.8, 4) is 0 Å². The average Bonchev–Trinajstić information content (AvgIpc) is 2.91. The number of nitrogens with one attached hydrogen (secondary N) is 2. The zero-order chi connectivity index (χ0) is 29.1. The summed E-state index contributed by atoms with van der Waals surface area (Å²) in [5.41, 5.74) is 2.70. The van der Waals surface area contributed by atoms with Gasteiger partial charge in [-0.25, -0.2) is 8.78 Å². The second-order valence-corrected chi connectivity index (χ2v) is 10.1. The molecule has 0 saturated carbocycles. The topological polar surface area (TPSA) is 81.7 Å². The molecule has 3 rings (SSSR count). The van der Waals surface area contributed by atoms with E-state index in [4.69, 9.17) is 0 Å². The van der Waals surface area contributed by atoms with Gasteiger partial charge in [-0.15, -0.1) is 0 Å². The van der Waals surface area contributed by atoms with E-state index in [9.17, 15) is 23.5 Å². The van der Waals surface area contributed by atoms with E-state index in [2.05, 4.69) is 16.7 Å². The van der Waals surface area contributed by atoms with Crippen molar-refractivity contribution in [1.29, 1.82) is 0 Å². The van der Waals surface area contributed by atoms with Crippen LogP contribution in [-0.2, 0) is 13.0 Å². The Hall–Kier alpha value is -3.62. The molecule has 0 aliphatic heterocycles. The van der Waals surface area contributed by atoms with E-state index in [1.165, 1.54) is 12.1 Å². The predicted octanol–water partition coefficient (Wildman–Crippen LogP) is 4.83. The molecule has 0 heterocycles. The Morgan fingerprint density at radius 1 is 0.975 bits per heavy atom. The molecule has 0 unspecified atom stereocenters. The minimum absolute atomic E-state index is 0.000757. The van der Waals surface area contributed by atoms with Crippen molar-refractivity contribution in [2.45, 2.75) is 58.7 Å². The number of amides is 2. The molecule has 1 radical (unpaired) electrons. The Morgan fingerprint density at radius 3 is 2.27 bits per heavy atom. The zero-order valence-electron chi connectivity index (χ0n) is 23.3. The summed E-state index contributed by atoms with van der Waals surface area (Å²) < 4.78 is 27.8. The van der Waals surface area contributed by atoms with Gasteiger partial charge >= 0.3 is 0 Å². The van der Waals surface area contributed by atoms with E-state index in [0.29, 0.717) is 30.8 Å². The van der Waals surface area contributed by atoms with Crippen LogP contribution in [0.25, 0.3) is 0 Å². The fourth-order valence-electron chi connectivity index (χ4n) is 4.64. The summed E-state index contributed by atoms with van der Waals surface area (Å²) in [7, 11) is 0. The summed E-state index contributed by atoms with van der Waals surface area (Å²) in [6, 6.07) is 17.6. The van der Waals surface area contributed by atoms with Crippen LogP contribution in [0, 0.1) is 24.6 Å². The summed E-state index contributed by atoms with van der Waals surface area (Å²) in [6.45, 7) is 7.66. The van der Waals surface area contributed by atoms with Gasteiger partial charge in [-0.2, -0.15) is 0 Å². The minimum atomic E-state index is -1.07. The fraction of sp³-hybridized carbons (Fsp3) is 0.375. The molecule has 0 fully saturated rings. The summed E-state index contributed by atoms with van der Waals surface area (Å²) in [6.07, 6.45) is 0.572. The van der Waals surface area contributed by atoms with Gasteiger partial charge in [0.2, 0.25) is 0 Å². The largest absolute Gasteiger partial charge is 0.390 e. The molecular formula is C32H38F2N3O3. The van der Waals surface area contributed by atoms with Crippen molar-refractivity contribution in [1.82, 2.24) is 15.5 Å². The van der Waals surface area contributed by atoms with Crippen molar-refractivity contribution in [3.63, 3.8) is 0 Å². The van der Waals surface area contributed by atoms with Crippen LogP contribution < -0.4 is 10.6 Å². The highest BCUT2D eigenvalue weighted by molar-refractivity contribution is 6.00. The van der Waals surface area contributed by atoms with Gasteiger partial charge in [0.15, 0.2) is 0 Å². The molecule has 6 nitrogen and oxygen atoms in total. The molecule has 0 aliphatic carbocycles. The van der Waals surface area contributed by atoms with Crippen LogP contribution in [0.2, 0.25) is 0 Å². The van der Waals surface area contributed by atoms with E-state index in [0.717, 1.165) is 30.0 Å². The molecule has 0 aromatic heterocycles. The normalized spacial score (nSPS) is 12.6. The quantitative estimate of drug-likeness (QED) is 0.269. The van der Waals surface area contributed by atoms with Crippen LogP contribution in [0.4, 0.5) is 8.78 Å². The lowest BCUT2D eigenvalue weighted by atomic mass is 9.99. The van der Waals surface area contributed by atoms with E-state index < -0.39 is 29.7 Å². The van der Waals surface area contributed by atoms with Crippen molar-refractivity contribution in [3.05, 3.63) is 106 Å². The second kappa shape index (κ2) is 15.2. The zero-order valence-corrected chi connectivity index (χ0v) is 23.3. The van der Waals surface area contributed by atoms with Crippen LogP contribution >= 0.6 is 0 Å². The van der Waals surface area contributed by atoms with Gasteiger partial charge in [0.25, 0.3) is 11.8 Å². The highest BCUT2D eigenvalue weighted by Gasteiger charge is 2.24. The maximum absolute atomic E-state index is 13.9. The second-order valence-electron chi connectivity index (χ2n) is 10.1. The lowest BCUT2D eigenvalue weighted by molar-refractivity contribution is 0.0755. The first-order valence-electron chi connectivity index (χ1n) is 13.7. The molecule has 2 atom stereocenters. The molecule has 3 N–H and O–H groups in total. The number of hydrogen-bond donors (Lipinski definition) is 3. The molecule has 0 saturated heterocycles. The number of aliphatic hydroxyl groups excluding tert-OH is 1. The summed E-state index contributed by atoms with van der Waals surface area (Å²) in [5, 5.41) is 17.0. The van der Waals surface area contributed by atoms with E-state index in [1.54, 1.807) is 29.2 Å². The molecule has 2 amide bonds. The number of hydrogen-bond acceptors (Lipinski definition) is 4. The Kier molecular flexibility index (Phi) is 11.8. The number of aliphatic hydroxyl groups is 1. The third-order valence-electron chi connectivity index (χ3n) is 6.47. The molecule has 0 bridgehead atoms. The Balaban J connectivity index is 1.80. The standard InChI is InChI=1S/C32H38F2N3O3/c1-4-11-37(12-5-2)32(40)26-14-22(3)13-25(18-26)31(39)36-29(17-24-15-27(33)19-28(34)16-24)30(38)21-35-20-23-9-7-6-8-10-23/h6-7,9-10,13-16,18-19,29-30,35,38H,4-5,11-12,17,20-21H2,1-3H3,(H,36,39)/t29-,30+/m0/s1. The van der Waals surface area contributed by atoms with Crippen molar-refractivity contribution in [2.24, 2.45) is 0 Å². The molecule has 8 heteroatoms. The molecule has 213 valence electrons. The van der Waals surface area contributed by atoms with Crippen LogP contribution in [0.1, 0.15) is 64.1 Å². The number of aryl methyl sites for hydroxylation is 1. The lowest BCUT2D eigenvalue weighted by Crippen LogP contribution is -2.48. The van der Waals surface area contributed by atoms with Crippen LogP contribution in [0.15, 0.2) is 60.7 Å². The summed E-state index contributed by atoms with van der Waals surface area (Å²) >= 11 is 0. The first kappa shape index (κ1) is 30.9. The Bertz CT molecular complexity index is 1240. The van der Waals surface area contributed by atoms with Crippen molar-refractivity contribution < 1.29 is 23.5 Å². The van der Waals surface area contributed by atoms with E-state index in [1.807, 2.05) is 39.0 Å². The van der Waals surface area contributed by atoms with Gasteiger partial charge in [-0.3, -0.25) is 9.59 Å². The van der Waals surface area contributed by atoms with Gasteiger partial charge in [0.1, 0.15) is 11.6 Å². The van der Waals surface area contributed by atoms with Crippen LogP contribution in [0.5, 0.6) is 0 Å². The number of halogens is 2. The number of carbonyl (C=O) groups excluding carboxylic acids is 2. The highest BCUT2D eigenvalue weighted by Crippen LogP contribution is 2.16. The predicted molar refractivity (Wildman–Crippen MR) is 152 cm³/mol. The Morgan fingerprint density at radius 2 is 1.65 bits per heavy atom. The van der Waals surface area contributed by atoms with Crippen LogP contribution in [-0.4, -0.2) is 53.6 Å². The molecular weight excluding hydrogens is 512 g/mol. The van der Waals surface area contributed by atoms with E-state index in [-0.39, 0.29) is 24.4 Å². The lowest BCUT2D eigenvalue weighted by Gasteiger charge is -2.25. The molecule has 0 spiro atoms. The molecule has 0 aliphatic rings. The SMILES string of the molecule is CCCN(CCC)C(=O)c1cc(C)cc(C(=O)N[C@@H](Cc2cc(F)cc(F)c2)[C@H](O)CNCc2c[c]ccc2)c1. The van der Waals surface area contributed by atoms with Crippen LogP contribution in [0.3, 0.4) is 0 Å². The van der Waals surface area contributed by atoms with E-state index >= 15 is 0 Å². The monoisotopic (exact) mass is 550 g/mol. The summed E-state index contributed by atoms with van der Waals surface area (Å²) in [4.78, 5) is 28.4. The molecule has 3 aromatic rings. The molecule has 3 aromatic carbocycles. The number of nitrogens with zero attached hydrogens (tertiary/aromatic N) is 1. The number of carbonyl (C=O) groups is 2. The van der Waals surface area contributed by atoms with Gasteiger partial charge in [-0.1, -0.05) is 32.0 Å². The third kappa shape index (κ3) is 9.24. The fourth-order valence-corrected chi connectivity index (χ4v) is 4.64. The maximum Gasteiger partial charge on any atom is 0.253 e. The smallest absolute Gasteiger partial charge is 0.253 e. The molecule has 40 heavy (non-hydrogen) atoms. The third-order valence-corrected chi connectivity index (χ3v) is 6.47. The van der Waals surface area contributed by atoms with Gasteiger partial charge in [0, 0.05) is 43.4 Å². The van der Waals surface area contributed by atoms with Gasteiger partial charge < -0.3 is 20.6 Å². The summed E-state index contributed by atoms with van der Waals surface area (Å²) in [5.74, 6) is -2.11. The number of rotatable bonds is 14. The highest BCUT2D eigenvalue weighted by atomic mass is 19.1. The van der Waals surface area contributed by atoms with Gasteiger partial charge in [-0.05, 0) is 85.3 Å². The average molecular weight is 551 g/mol. The van der Waals surface area contributed by atoms with Gasteiger partial charge in [0.05, 0.1) is 12.1 Å². The number of benzene rings is 3. The van der Waals surface area contributed by atoms with Crippen molar-refractivity contribution in [2.75, 3.05) is 19.6 Å². The van der Waals surface area contributed by atoms with Crippen molar-refractivity contribution >= 4 is 11.8 Å². The Labute approximate surface area is 235 Å².